The summed E-state index contributed by atoms with van der Waals surface area (Å²) in [7, 11) is -3.41. The average Bonchev–Trinajstić information content (AvgIpc) is 3.28. The summed E-state index contributed by atoms with van der Waals surface area (Å²) in [5.41, 5.74) is 2.90. The molecular weight excluding hydrogens is 500 g/mol. The fraction of sp³-hybridized carbons (Fsp3) is 0.407. The van der Waals surface area contributed by atoms with Gasteiger partial charge in [-0.1, -0.05) is 6.42 Å². The number of aryl methyl sites for hydroxylation is 1. The van der Waals surface area contributed by atoms with Crippen molar-refractivity contribution in [3.63, 3.8) is 0 Å². The van der Waals surface area contributed by atoms with E-state index >= 15 is 0 Å². The molecule has 2 fully saturated rings. The molecule has 11 heteroatoms. The summed E-state index contributed by atoms with van der Waals surface area (Å²) in [6, 6.07) is 10.8. The van der Waals surface area contributed by atoms with Crippen molar-refractivity contribution in [3.8, 4) is 0 Å². The molecule has 3 atom stereocenters. The van der Waals surface area contributed by atoms with Gasteiger partial charge in [0.05, 0.1) is 10.4 Å². The van der Waals surface area contributed by atoms with Gasteiger partial charge in [-0.05, 0) is 56.4 Å². The Morgan fingerprint density at radius 3 is 2.53 bits per heavy atom. The maximum Gasteiger partial charge on any atom is 0.177 e. The highest BCUT2D eigenvalue weighted by Crippen LogP contribution is 2.37. The van der Waals surface area contributed by atoms with Crippen LogP contribution in [0.15, 0.2) is 53.8 Å². The third-order valence-electron chi connectivity index (χ3n) is 7.63. The topological polar surface area (TPSA) is 129 Å². The van der Waals surface area contributed by atoms with Crippen molar-refractivity contribution >= 4 is 38.2 Å². The maximum absolute atomic E-state index is 12.3. The van der Waals surface area contributed by atoms with Crippen LogP contribution in [0.5, 0.6) is 0 Å². The summed E-state index contributed by atoms with van der Waals surface area (Å²) in [6.45, 7) is 2.88. The van der Waals surface area contributed by atoms with E-state index in [9.17, 15) is 8.42 Å². The number of hydrogen-bond donors (Lipinski definition) is 3. The van der Waals surface area contributed by atoms with E-state index in [0.717, 1.165) is 25.1 Å². The smallest absolute Gasteiger partial charge is 0.177 e. The first-order chi connectivity index (χ1) is 18.3. The molecule has 4 aromatic rings. The van der Waals surface area contributed by atoms with Crippen LogP contribution < -0.4 is 10.6 Å². The molecule has 6 rings (SSSR count). The van der Waals surface area contributed by atoms with Crippen LogP contribution in [0.25, 0.3) is 10.9 Å². The first-order valence-electron chi connectivity index (χ1n) is 13.0. The number of piperidine rings is 2. The van der Waals surface area contributed by atoms with Gasteiger partial charge in [0.1, 0.15) is 11.6 Å². The number of sulfone groups is 1. The minimum absolute atomic E-state index is 0.183. The van der Waals surface area contributed by atoms with Crippen molar-refractivity contribution < 1.29 is 8.42 Å². The number of rotatable bonds is 7. The van der Waals surface area contributed by atoms with Crippen LogP contribution in [-0.4, -0.2) is 62.8 Å². The number of aromatic nitrogens is 5. The van der Waals surface area contributed by atoms with E-state index < -0.39 is 9.84 Å². The highest BCUT2D eigenvalue weighted by Gasteiger charge is 2.38. The van der Waals surface area contributed by atoms with Crippen LogP contribution in [0.1, 0.15) is 43.4 Å². The number of H-pyrrole nitrogens is 1. The third kappa shape index (κ3) is 5.21. The van der Waals surface area contributed by atoms with E-state index in [1.165, 1.54) is 37.3 Å². The number of nitrogens with one attached hydrogen (secondary N) is 3. The van der Waals surface area contributed by atoms with E-state index in [2.05, 4.69) is 47.8 Å². The van der Waals surface area contributed by atoms with E-state index in [4.69, 9.17) is 4.98 Å². The van der Waals surface area contributed by atoms with Gasteiger partial charge in [-0.15, -0.1) is 0 Å². The van der Waals surface area contributed by atoms with Crippen molar-refractivity contribution in [2.24, 2.45) is 0 Å². The molecule has 1 unspecified atom stereocenters. The average molecular weight is 533 g/mol. The Bertz CT molecular complexity index is 1540. The van der Waals surface area contributed by atoms with E-state index in [0.29, 0.717) is 40.4 Å². The number of pyridine rings is 3. The summed E-state index contributed by atoms with van der Waals surface area (Å²) in [6.07, 6.45) is 11.9. The van der Waals surface area contributed by atoms with Crippen molar-refractivity contribution in [2.75, 3.05) is 16.9 Å². The van der Waals surface area contributed by atoms with Gasteiger partial charge in [0.2, 0.25) is 0 Å². The molecule has 10 nitrogen and oxygen atoms in total. The molecule has 0 aromatic carbocycles. The van der Waals surface area contributed by atoms with Crippen LogP contribution in [0.3, 0.4) is 0 Å². The van der Waals surface area contributed by atoms with Crippen molar-refractivity contribution in [2.45, 2.75) is 68.6 Å². The second-order valence-electron chi connectivity index (χ2n) is 10.5. The molecule has 0 saturated carbocycles. The van der Waals surface area contributed by atoms with Gasteiger partial charge in [0.25, 0.3) is 0 Å². The van der Waals surface area contributed by atoms with Crippen LogP contribution in [0.2, 0.25) is 0 Å². The lowest BCUT2D eigenvalue weighted by Gasteiger charge is -2.49. The van der Waals surface area contributed by atoms with E-state index in [1.807, 2.05) is 31.5 Å². The van der Waals surface area contributed by atoms with Crippen molar-refractivity contribution in [1.29, 1.82) is 0 Å². The lowest BCUT2D eigenvalue weighted by molar-refractivity contribution is 0.0277. The second kappa shape index (κ2) is 9.95. The molecule has 0 radical (unpaired) electrons. The predicted octanol–water partition coefficient (Wildman–Crippen LogP) is 4.20. The Kier molecular flexibility index (Phi) is 6.48. The lowest BCUT2D eigenvalue weighted by Crippen LogP contribution is -2.54. The number of hydrogen-bond acceptors (Lipinski definition) is 9. The summed E-state index contributed by atoms with van der Waals surface area (Å²) in [5.74, 6) is 1.90. The zero-order valence-electron chi connectivity index (χ0n) is 21.6. The minimum Gasteiger partial charge on any atom is -0.367 e. The molecule has 2 bridgehead atoms. The largest absolute Gasteiger partial charge is 0.367 e. The standard InChI is InChI=1S/C27H32N8O2S/c1-17-10-26(34-33-17)31-25-14-24-23(13-22(15-29-24)38(2,36)37)27(32-25)30-19-11-20-4-3-5-21(12-19)35(20)16-18-6-8-28-9-7-18/h6-10,13-15,19-21H,3-5,11-12,16H2,1-2H3,(H3,30,31,32,33,34)/t19?,20-,21+. The van der Waals surface area contributed by atoms with Crippen LogP contribution in [0.4, 0.5) is 17.5 Å². The van der Waals surface area contributed by atoms with Crippen LogP contribution in [-0.2, 0) is 16.4 Å². The Labute approximate surface area is 222 Å². The Morgan fingerprint density at radius 1 is 1.08 bits per heavy atom. The second-order valence-corrected chi connectivity index (χ2v) is 12.5. The molecule has 4 aromatic heterocycles. The predicted molar refractivity (Wildman–Crippen MR) is 147 cm³/mol. The lowest BCUT2D eigenvalue weighted by atomic mass is 9.81. The zero-order valence-corrected chi connectivity index (χ0v) is 22.4. The van der Waals surface area contributed by atoms with Gasteiger partial charge in [0.15, 0.2) is 15.7 Å². The van der Waals surface area contributed by atoms with Crippen LogP contribution in [0, 0.1) is 6.92 Å². The minimum atomic E-state index is -3.41. The maximum atomic E-state index is 12.3. The summed E-state index contributed by atoms with van der Waals surface area (Å²) in [5, 5.41) is 14.8. The fourth-order valence-electron chi connectivity index (χ4n) is 5.84. The first-order valence-corrected chi connectivity index (χ1v) is 14.9. The zero-order chi connectivity index (χ0) is 26.3. The molecule has 198 valence electrons. The molecule has 0 spiro atoms. The molecule has 2 aliphatic rings. The van der Waals surface area contributed by atoms with Gasteiger partial charge in [-0.2, -0.15) is 5.10 Å². The fourth-order valence-corrected chi connectivity index (χ4v) is 6.42. The van der Waals surface area contributed by atoms with E-state index in [1.54, 1.807) is 6.07 Å². The Hall–Kier alpha value is -3.57. The molecule has 6 heterocycles. The van der Waals surface area contributed by atoms with Gasteiger partial charge < -0.3 is 10.6 Å². The molecule has 2 aliphatic heterocycles. The van der Waals surface area contributed by atoms with E-state index in [-0.39, 0.29) is 10.9 Å². The highest BCUT2D eigenvalue weighted by molar-refractivity contribution is 7.90. The van der Waals surface area contributed by atoms with Gasteiger partial charge in [-0.3, -0.25) is 20.0 Å². The number of aromatic amines is 1. The molecule has 2 saturated heterocycles. The third-order valence-corrected chi connectivity index (χ3v) is 8.71. The summed E-state index contributed by atoms with van der Waals surface area (Å²) in [4.78, 5) is 16.4. The quantitative estimate of drug-likeness (QED) is 0.321. The molecular formula is C27H32N8O2S. The van der Waals surface area contributed by atoms with Crippen molar-refractivity contribution in [1.82, 2.24) is 30.0 Å². The molecule has 0 amide bonds. The molecule has 38 heavy (non-hydrogen) atoms. The number of fused-ring (bicyclic) bond motifs is 3. The molecule has 0 aliphatic carbocycles. The van der Waals surface area contributed by atoms with Gasteiger partial charge in [0, 0.05) is 72.7 Å². The Morgan fingerprint density at radius 2 is 1.84 bits per heavy atom. The first kappa shape index (κ1) is 24.7. The summed E-state index contributed by atoms with van der Waals surface area (Å²) < 4.78 is 24.6. The molecule has 3 N–H and O–H groups in total. The normalized spacial score (nSPS) is 21.9. The highest BCUT2D eigenvalue weighted by atomic mass is 32.2. The Balaban J connectivity index is 1.30. The summed E-state index contributed by atoms with van der Waals surface area (Å²) >= 11 is 0. The van der Waals surface area contributed by atoms with Gasteiger partial charge >= 0.3 is 0 Å². The van der Waals surface area contributed by atoms with Crippen molar-refractivity contribution in [3.05, 3.63) is 60.2 Å². The van der Waals surface area contributed by atoms with Crippen LogP contribution >= 0.6 is 0 Å². The number of anilines is 3. The number of nitrogens with zero attached hydrogens (tertiary/aromatic N) is 5. The van der Waals surface area contributed by atoms with Gasteiger partial charge in [-0.25, -0.2) is 13.4 Å². The monoisotopic (exact) mass is 532 g/mol. The SMILES string of the molecule is Cc1cc(Nc2cc3ncc(S(C)(=O)=O)cc3c(NC3C[C@H]4CCC[C@@H](C3)N4Cc3ccncc3)n2)n[nH]1.